The smallest absolute Gasteiger partial charge is 0.224 e. The van der Waals surface area contributed by atoms with Crippen LogP contribution in [-0.4, -0.2) is 15.9 Å². The zero-order chi connectivity index (χ0) is 16.8. The van der Waals surface area contributed by atoms with Crippen molar-refractivity contribution in [2.45, 2.75) is 13.0 Å². The van der Waals surface area contributed by atoms with Crippen molar-refractivity contribution in [3.05, 3.63) is 83.3 Å². The molecule has 1 N–H and O–H groups in total. The SMILES string of the molecule is O=C(Cc1ccccc1Cl)NCc1ccnc(-c2ccncc2)c1. The minimum absolute atomic E-state index is 0.0645. The Morgan fingerprint density at radius 2 is 1.83 bits per heavy atom. The molecule has 0 unspecified atom stereocenters. The van der Waals surface area contributed by atoms with E-state index in [1.807, 2.05) is 42.5 Å². The van der Waals surface area contributed by atoms with Crippen LogP contribution in [0.5, 0.6) is 0 Å². The highest BCUT2D eigenvalue weighted by atomic mass is 35.5. The molecule has 1 aromatic carbocycles. The van der Waals surface area contributed by atoms with Gasteiger partial charge in [0.25, 0.3) is 0 Å². The Labute approximate surface area is 145 Å². The summed E-state index contributed by atoms with van der Waals surface area (Å²) in [5, 5.41) is 3.52. The summed E-state index contributed by atoms with van der Waals surface area (Å²) >= 11 is 6.08. The number of rotatable bonds is 5. The molecule has 0 saturated carbocycles. The largest absolute Gasteiger partial charge is 0.352 e. The summed E-state index contributed by atoms with van der Waals surface area (Å²) in [5.74, 6) is -0.0645. The maximum absolute atomic E-state index is 12.1. The van der Waals surface area contributed by atoms with Crippen LogP contribution in [-0.2, 0) is 17.8 Å². The number of pyridine rings is 2. The highest BCUT2D eigenvalue weighted by Crippen LogP contribution is 2.17. The molecule has 0 aliphatic heterocycles. The van der Waals surface area contributed by atoms with Gasteiger partial charge in [0, 0.05) is 35.7 Å². The molecular formula is C19H16ClN3O. The fraction of sp³-hybridized carbons (Fsp3) is 0.105. The van der Waals surface area contributed by atoms with Crippen molar-refractivity contribution in [2.75, 3.05) is 0 Å². The van der Waals surface area contributed by atoms with Gasteiger partial charge in [0.1, 0.15) is 0 Å². The quantitative estimate of drug-likeness (QED) is 0.773. The zero-order valence-electron chi connectivity index (χ0n) is 12.9. The monoisotopic (exact) mass is 337 g/mol. The lowest BCUT2D eigenvalue weighted by molar-refractivity contribution is -0.120. The van der Waals surface area contributed by atoms with E-state index >= 15 is 0 Å². The van der Waals surface area contributed by atoms with E-state index < -0.39 is 0 Å². The number of carbonyl (C=O) groups excluding carboxylic acids is 1. The van der Waals surface area contributed by atoms with Crippen molar-refractivity contribution < 1.29 is 4.79 Å². The number of nitrogens with one attached hydrogen (secondary N) is 1. The van der Waals surface area contributed by atoms with Gasteiger partial charge in [-0.05, 0) is 41.5 Å². The Kier molecular flexibility index (Phi) is 5.18. The molecule has 2 heterocycles. The van der Waals surface area contributed by atoms with Gasteiger partial charge < -0.3 is 5.32 Å². The number of amides is 1. The van der Waals surface area contributed by atoms with Gasteiger partial charge in [-0.2, -0.15) is 0 Å². The summed E-state index contributed by atoms with van der Waals surface area (Å²) in [4.78, 5) is 20.5. The van der Waals surface area contributed by atoms with E-state index in [1.54, 1.807) is 24.7 Å². The molecule has 120 valence electrons. The first-order chi connectivity index (χ1) is 11.7. The van der Waals surface area contributed by atoms with Crippen LogP contribution in [0.1, 0.15) is 11.1 Å². The van der Waals surface area contributed by atoms with Crippen molar-refractivity contribution in [1.82, 2.24) is 15.3 Å². The van der Waals surface area contributed by atoms with Crippen LogP contribution in [0.2, 0.25) is 5.02 Å². The number of hydrogen-bond acceptors (Lipinski definition) is 3. The molecule has 0 fully saturated rings. The molecule has 4 nitrogen and oxygen atoms in total. The van der Waals surface area contributed by atoms with Crippen molar-refractivity contribution >= 4 is 17.5 Å². The number of aromatic nitrogens is 2. The first-order valence-electron chi connectivity index (χ1n) is 7.58. The molecule has 24 heavy (non-hydrogen) atoms. The van der Waals surface area contributed by atoms with E-state index in [0.717, 1.165) is 22.4 Å². The second-order valence-electron chi connectivity index (χ2n) is 5.33. The third-order valence-corrected chi connectivity index (χ3v) is 3.97. The van der Waals surface area contributed by atoms with Gasteiger partial charge in [0.15, 0.2) is 0 Å². The summed E-state index contributed by atoms with van der Waals surface area (Å²) in [6.45, 7) is 0.448. The first kappa shape index (κ1) is 16.1. The predicted molar refractivity (Wildman–Crippen MR) is 94.5 cm³/mol. The van der Waals surface area contributed by atoms with E-state index in [2.05, 4.69) is 15.3 Å². The second-order valence-corrected chi connectivity index (χ2v) is 5.74. The van der Waals surface area contributed by atoms with Gasteiger partial charge in [-0.15, -0.1) is 0 Å². The summed E-state index contributed by atoms with van der Waals surface area (Å²) in [6.07, 6.45) is 5.47. The van der Waals surface area contributed by atoms with Gasteiger partial charge in [-0.3, -0.25) is 14.8 Å². The lowest BCUT2D eigenvalue weighted by atomic mass is 10.1. The highest BCUT2D eigenvalue weighted by molar-refractivity contribution is 6.31. The molecule has 0 saturated heterocycles. The van der Waals surface area contributed by atoms with Crippen LogP contribution in [0, 0.1) is 0 Å². The van der Waals surface area contributed by atoms with Crippen molar-refractivity contribution in [3.8, 4) is 11.3 Å². The van der Waals surface area contributed by atoms with Crippen LogP contribution in [0.25, 0.3) is 11.3 Å². The average Bonchev–Trinajstić information content (AvgIpc) is 2.63. The third-order valence-electron chi connectivity index (χ3n) is 3.60. The van der Waals surface area contributed by atoms with Gasteiger partial charge in [0.05, 0.1) is 12.1 Å². The lowest BCUT2D eigenvalue weighted by Crippen LogP contribution is -2.24. The Balaban J connectivity index is 1.63. The topological polar surface area (TPSA) is 54.9 Å². The molecule has 5 heteroatoms. The van der Waals surface area contributed by atoms with Crippen LogP contribution in [0.15, 0.2) is 67.1 Å². The Hall–Kier alpha value is -2.72. The molecule has 1 amide bonds. The van der Waals surface area contributed by atoms with Gasteiger partial charge in [0.2, 0.25) is 5.91 Å². The minimum atomic E-state index is -0.0645. The molecule has 0 spiro atoms. The summed E-state index contributed by atoms with van der Waals surface area (Å²) in [6, 6.07) is 15.0. The number of carbonyl (C=O) groups is 1. The maximum Gasteiger partial charge on any atom is 0.224 e. The number of benzene rings is 1. The highest BCUT2D eigenvalue weighted by Gasteiger charge is 2.07. The van der Waals surface area contributed by atoms with Crippen LogP contribution in [0.4, 0.5) is 0 Å². The van der Waals surface area contributed by atoms with E-state index in [0.29, 0.717) is 11.6 Å². The molecule has 3 rings (SSSR count). The lowest BCUT2D eigenvalue weighted by Gasteiger charge is -2.08. The molecule has 0 atom stereocenters. The molecule has 3 aromatic rings. The van der Waals surface area contributed by atoms with Gasteiger partial charge in [-0.25, -0.2) is 0 Å². The van der Waals surface area contributed by atoms with Crippen LogP contribution in [0.3, 0.4) is 0 Å². The number of nitrogens with zero attached hydrogens (tertiary/aromatic N) is 2. The summed E-state index contributed by atoms with van der Waals surface area (Å²) < 4.78 is 0. The van der Waals surface area contributed by atoms with E-state index in [-0.39, 0.29) is 12.3 Å². The Morgan fingerprint density at radius 3 is 2.62 bits per heavy atom. The van der Waals surface area contributed by atoms with Crippen molar-refractivity contribution in [1.29, 1.82) is 0 Å². The first-order valence-corrected chi connectivity index (χ1v) is 7.95. The number of hydrogen-bond donors (Lipinski definition) is 1. The normalized spacial score (nSPS) is 10.4. The van der Waals surface area contributed by atoms with Crippen LogP contribution < -0.4 is 5.32 Å². The fourth-order valence-corrected chi connectivity index (χ4v) is 2.55. The Morgan fingerprint density at radius 1 is 1.04 bits per heavy atom. The Bertz CT molecular complexity index is 837. The van der Waals surface area contributed by atoms with E-state index in [1.165, 1.54) is 0 Å². The molecule has 0 bridgehead atoms. The molecule has 2 aromatic heterocycles. The molecular weight excluding hydrogens is 322 g/mol. The average molecular weight is 338 g/mol. The predicted octanol–water partition coefficient (Wildman–Crippen LogP) is 3.66. The number of halogens is 1. The van der Waals surface area contributed by atoms with Crippen LogP contribution >= 0.6 is 11.6 Å². The maximum atomic E-state index is 12.1. The molecule has 0 aliphatic rings. The van der Waals surface area contributed by atoms with Gasteiger partial charge in [-0.1, -0.05) is 29.8 Å². The summed E-state index contributed by atoms with van der Waals surface area (Å²) in [7, 11) is 0. The zero-order valence-corrected chi connectivity index (χ0v) is 13.7. The third kappa shape index (κ3) is 4.18. The standard InChI is InChI=1S/C19H16ClN3O/c20-17-4-2-1-3-16(17)12-19(24)23-13-14-5-10-22-18(11-14)15-6-8-21-9-7-15/h1-11H,12-13H2,(H,23,24). The summed E-state index contributed by atoms with van der Waals surface area (Å²) in [5.41, 5.74) is 3.66. The molecule has 0 radical (unpaired) electrons. The fourth-order valence-electron chi connectivity index (χ4n) is 2.34. The van der Waals surface area contributed by atoms with Gasteiger partial charge >= 0.3 is 0 Å². The second kappa shape index (κ2) is 7.70. The minimum Gasteiger partial charge on any atom is -0.352 e. The van der Waals surface area contributed by atoms with Crippen molar-refractivity contribution in [2.24, 2.45) is 0 Å². The van der Waals surface area contributed by atoms with E-state index in [9.17, 15) is 4.79 Å². The molecule has 0 aliphatic carbocycles. The van der Waals surface area contributed by atoms with E-state index in [4.69, 9.17) is 11.6 Å². The van der Waals surface area contributed by atoms with Crippen molar-refractivity contribution in [3.63, 3.8) is 0 Å².